The van der Waals surface area contributed by atoms with Gasteiger partial charge in [-0.3, -0.25) is 14.5 Å². The molecule has 2 atom stereocenters. The second kappa shape index (κ2) is 7.25. The summed E-state index contributed by atoms with van der Waals surface area (Å²) in [5.74, 6) is 0.396. The van der Waals surface area contributed by atoms with Crippen LogP contribution in [0.25, 0.3) is 0 Å². The summed E-state index contributed by atoms with van der Waals surface area (Å²) in [7, 11) is 0. The van der Waals surface area contributed by atoms with Crippen LogP contribution in [0.5, 0.6) is 0 Å². The Morgan fingerprint density at radius 3 is 2.24 bits per heavy atom. The van der Waals surface area contributed by atoms with E-state index in [9.17, 15) is 9.59 Å². The lowest BCUT2D eigenvalue weighted by atomic mass is 9.97. The Hall–Kier alpha value is -1.10. The van der Waals surface area contributed by atoms with Crippen LogP contribution in [0.1, 0.15) is 46.5 Å². The number of amides is 2. The normalized spacial score (nSPS) is 28.3. The molecule has 0 radical (unpaired) electrons. The minimum Gasteiger partial charge on any atom is -0.342 e. The second-order valence-electron chi connectivity index (χ2n) is 6.57. The van der Waals surface area contributed by atoms with Crippen molar-refractivity contribution in [3.8, 4) is 0 Å². The topological polar surface area (TPSA) is 43.9 Å². The lowest BCUT2D eigenvalue weighted by Gasteiger charge is -2.40. The molecule has 0 aromatic heterocycles. The van der Waals surface area contributed by atoms with Gasteiger partial charge >= 0.3 is 0 Å². The molecule has 0 saturated carbocycles. The fourth-order valence-corrected chi connectivity index (χ4v) is 3.63. The van der Waals surface area contributed by atoms with Gasteiger partial charge in [0.15, 0.2) is 0 Å². The third-order valence-electron chi connectivity index (χ3n) is 4.87. The molecule has 21 heavy (non-hydrogen) atoms. The molecule has 2 rings (SSSR count). The molecule has 2 aliphatic heterocycles. The van der Waals surface area contributed by atoms with Gasteiger partial charge in [0.2, 0.25) is 11.8 Å². The summed E-state index contributed by atoms with van der Waals surface area (Å²) in [6.07, 6.45) is 4.42. The van der Waals surface area contributed by atoms with E-state index in [2.05, 4.69) is 23.6 Å². The van der Waals surface area contributed by atoms with Crippen molar-refractivity contribution in [2.45, 2.75) is 58.5 Å². The molecule has 0 aromatic rings. The van der Waals surface area contributed by atoms with Crippen LogP contribution >= 0.6 is 0 Å². The zero-order chi connectivity index (χ0) is 15.4. The Morgan fingerprint density at radius 2 is 1.62 bits per heavy atom. The molecule has 0 aliphatic carbocycles. The average Bonchev–Trinajstić information content (AvgIpc) is 2.64. The third kappa shape index (κ3) is 4.19. The highest BCUT2D eigenvalue weighted by Crippen LogP contribution is 2.22. The van der Waals surface area contributed by atoms with Crippen molar-refractivity contribution in [1.29, 1.82) is 0 Å². The van der Waals surface area contributed by atoms with Crippen LogP contribution in [0.2, 0.25) is 0 Å². The van der Waals surface area contributed by atoms with E-state index >= 15 is 0 Å². The molecule has 2 unspecified atom stereocenters. The first-order valence-electron chi connectivity index (χ1n) is 8.28. The van der Waals surface area contributed by atoms with Crippen LogP contribution < -0.4 is 0 Å². The zero-order valence-corrected chi connectivity index (χ0v) is 13.7. The van der Waals surface area contributed by atoms with E-state index in [1.54, 1.807) is 6.92 Å². The summed E-state index contributed by atoms with van der Waals surface area (Å²) >= 11 is 0. The molecule has 2 aliphatic rings. The highest BCUT2D eigenvalue weighted by atomic mass is 16.2. The maximum absolute atomic E-state index is 12.6. The Morgan fingerprint density at radius 1 is 0.952 bits per heavy atom. The van der Waals surface area contributed by atoms with Crippen LogP contribution in [0.3, 0.4) is 0 Å². The van der Waals surface area contributed by atoms with Gasteiger partial charge in [0, 0.05) is 45.2 Å². The number of carbonyl (C=O) groups excluding carboxylic acids is 2. The quantitative estimate of drug-likeness (QED) is 0.772. The van der Waals surface area contributed by atoms with Gasteiger partial charge in [0.05, 0.1) is 6.54 Å². The Balaban J connectivity index is 1.88. The van der Waals surface area contributed by atoms with Gasteiger partial charge in [-0.15, -0.1) is 0 Å². The lowest BCUT2D eigenvalue weighted by molar-refractivity contribution is -0.138. The summed E-state index contributed by atoms with van der Waals surface area (Å²) < 4.78 is 0. The summed E-state index contributed by atoms with van der Waals surface area (Å²) in [5, 5.41) is 0. The summed E-state index contributed by atoms with van der Waals surface area (Å²) in [6.45, 7) is 9.72. The summed E-state index contributed by atoms with van der Waals surface area (Å²) in [4.78, 5) is 30.2. The molecule has 120 valence electrons. The molecule has 5 nitrogen and oxygen atoms in total. The van der Waals surface area contributed by atoms with Gasteiger partial charge in [0.25, 0.3) is 0 Å². The van der Waals surface area contributed by atoms with Crippen molar-refractivity contribution in [3.05, 3.63) is 0 Å². The van der Waals surface area contributed by atoms with E-state index in [4.69, 9.17) is 0 Å². The third-order valence-corrected chi connectivity index (χ3v) is 4.87. The van der Waals surface area contributed by atoms with Crippen LogP contribution in [0, 0.1) is 0 Å². The maximum Gasteiger partial charge on any atom is 0.237 e. The van der Waals surface area contributed by atoms with E-state index in [1.807, 2.05) is 4.90 Å². The van der Waals surface area contributed by atoms with Gasteiger partial charge in [-0.05, 0) is 39.5 Å². The number of hydrogen-bond acceptors (Lipinski definition) is 3. The Bertz CT molecular complexity index is 376. The number of carbonyl (C=O) groups is 2. The lowest BCUT2D eigenvalue weighted by Crippen LogP contribution is -2.51. The number of likely N-dealkylation sites (tertiary alicyclic amines) is 1. The minimum atomic E-state index is 0.140. The first-order chi connectivity index (χ1) is 9.99. The summed E-state index contributed by atoms with van der Waals surface area (Å²) in [6, 6.07) is 0.726. The number of nitrogens with zero attached hydrogens (tertiary/aromatic N) is 3. The molecule has 5 heteroatoms. The van der Waals surface area contributed by atoms with Crippen molar-refractivity contribution in [1.82, 2.24) is 14.7 Å². The van der Waals surface area contributed by atoms with E-state index in [0.29, 0.717) is 18.6 Å². The van der Waals surface area contributed by atoms with Crippen molar-refractivity contribution < 1.29 is 9.59 Å². The Kier molecular flexibility index (Phi) is 5.62. The predicted molar refractivity (Wildman–Crippen MR) is 82.9 cm³/mol. The number of rotatable bonds is 2. The van der Waals surface area contributed by atoms with Gasteiger partial charge in [0.1, 0.15) is 0 Å². The maximum atomic E-state index is 12.6. The predicted octanol–water partition coefficient (Wildman–Crippen LogP) is 1.33. The fourth-order valence-electron chi connectivity index (χ4n) is 3.63. The monoisotopic (exact) mass is 295 g/mol. The van der Waals surface area contributed by atoms with Gasteiger partial charge in [-0.25, -0.2) is 0 Å². The molecular weight excluding hydrogens is 266 g/mol. The van der Waals surface area contributed by atoms with Crippen LogP contribution in [-0.2, 0) is 9.59 Å². The molecule has 2 amide bonds. The minimum absolute atomic E-state index is 0.140. The SMILES string of the molecule is CC(=O)N1CCCN(CC(=O)N2C(C)CCCC2C)CC1. The number of piperidine rings is 1. The molecule has 2 saturated heterocycles. The fraction of sp³-hybridized carbons (Fsp3) is 0.875. The second-order valence-corrected chi connectivity index (χ2v) is 6.57. The number of hydrogen-bond donors (Lipinski definition) is 0. The highest BCUT2D eigenvalue weighted by Gasteiger charge is 2.30. The van der Waals surface area contributed by atoms with Gasteiger partial charge in [-0.2, -0.15) is 0 Å². The van der Waals surface area contributed by atoms with E-state index in [-0.39, 0.29) is 11.8 Å². The highest BCUT2D eigenvalue weighted by molar-refractivity contribution is 5.79. The molecular formula is C16H29N3O2. The van der Waals surface area contributed by atoms with E-state index < -0.39 is 0 Å². The van der Waals surface area contributed by atoms with Crippen LogP contribution in [-0.4, -0.2) is 71.3 Å². The van der Waals surface area contributed by atoms with Crippen LogP contribution in [0.15, 0.2) is 0 Å². The van der Waals surface area contributed by atoms with Crippen molar-refractivity contribution in [3.63, 3.8) is 0 Å². The molecule has 2 heterocycles. The van der Waals surface area contributed by atoms with Crippen molar-refractivity contribution in [2.75, 3.05) is 32.7 Å². The Labute approximate surface area is 128 Å². The van der Waals surface area contributed by atoms with Gasteiger partial charge < -0.3 is 9.80 Å². The molecule has 0 spiro atoms. The van der Waals surface area contributed by atoms with Crippen LogP contribution in [0.4, 0.5) is 0 Å². The molecule has 2 fully saturated rings. The molecule has 0 N–H and O–H groups in total. The largest absolute Gasteiger partial charge is 0.342 e. The van der Waals surface area contributed by atoms with Crippen molar-refractivity contribution in [2.24, 2.45) is 0 Å². The zero-order valence-electron chi connectivity index (χ0n) is 13.7. The standard InChI is InChI=1S/C16H29N3O2/c1-13-6-4-7-14(2)19(13)16(21)12-17-8-5-9-18(11-10-17)15(3)20/h13-14H,4-12H2,1-3H3. The molecule has 0 aromatic carbocycles. The van der Waals surface area contributed by atoms with Gasteiger partial charge in [-0.1, -0.05) is 0 Å². The first-order valence-corrected chi connectivity index (χ1v) is 8.28. The summed E-state index contributed by atoms with van der Waals surface area (Å²) in [5.41, 5.74) is 0. The molecule has 0 bridgehead atoms. The first kappa shape index (κ1) is 16.3. The van der Waals surface area contributed by atoms with Crippen molar-refractivity contribution >= 4 is 11.8 Å². The smallest absolute Gasteiger partial charge is 0.237 e. The van der Waals surface area contributed by atoms with E-state index in [1.165, 1.54) is 6.42 Å². The average molecular weight is 295 g/mol. The van der Waals surface area contributed by atoms with E-state index in [0.717, 1.165) is 45.4 Å².